The molecular weight excluding hydrogens is 354 g/mol. The number of hydrogen-bond donors (Lipinski definition) is 1. The number of carbonyl (C=O) groups is 1. The van der Waals surface area contributed by atoms with Crippen LogP contribution in [0.25, 0.3) is 21.8 Å². The number of imidazole rings is 1. The largest absolute Gasteiger partial charge is 0.481 e. The van der Waals surface area contributed by atoms with Crippen molar-refractivity contribution in [2.75, 3.05) is 5.32 Å². The van der Waals surface area contributed by atoms with Gasteiger partial charge in [0.2, 0.25) is 0 Å². The van der Waals surface area contributed by atoms with Gasteiger partial charge in [0, 0.05) is 19.8 Å². The van der Waals surface area contributed by atoms with E-state index in [4.69, 9.17) is 4.74 Å². The van der Waals surface area contributed by atoms with E-state index in [2.05, 4.69) is 5.32 Å². The SMILES string of the molecule is CC(Oc1ccc2ccccc2c1)C(=O)Nc1ccc2c(c1)n(C)c(=O)n2C. The van der Waals surface area contributed by atoms with Crippen molar-refractivity contribution < 1.29 is 9.53 Å². The van der Waals surface area contributed by atoms with Gasteiger partial charge < -0.3 is 10.1 Å². The fraction of sp³-hybridized carbons (Fsp3) is 0.182. The number of carbonyl (C=O) groups excluding carboxylic acids is 1. The molecule has 4 aromatic rings. The first-order chi connectivity index (χ1) is 13.4. The van der Waals surface area contributed by atoms with Gasteiger partial charge in [0.05, 0.1) is 11.0 Å². The zero-order chi connectivity index (χ0) is 19.8. The number of amides is 1. The van der Waals surface area contributed by atoms with E-state index in [9.17, 15) is 9.59 Å². The van der Waals surface area contributed by atoms with Crippen LogP contribution < -0.4 is 15.7 Å². The van der Waals surface area contributed by atoms with Crippen molar-refractivity contribution in [3.63, 3.8) is 0 Å². The van der Waals surface area contributed by atoms with Gasteiger partial charge in [0.1, 0.15) is 5.75 Å². The van der Waals surface area contributed by atoms with Crippen LogP contribution in [0.3, 0.4) is 0 Å². The molecule has 142 valence electrons. The summed E-state index contributed by atoms with van der Waals surface area (Å²) in [6.45, 7) is 1.71. The van der Waals surface area contributed by atoms with Crippen LogP contribution in [-0.2, 0) is 18.9 Å². The lowest BCUT2D eigenvalue weighted by atomic mass is 10.1. The predicted molar refractivity (Wildman–Crippen MR) is 111 cm³/mol. The molecule has 0 fully saturated rings. The maximum absolute atomic E-state index is 12.6. The number of aromatic nitrogens is 2. The van der Waals surface area contributed by atoms with E-state index in [1.54, 1.807) is 42.3 Å². The maximum atomic E-state index is 12.6. The summed E-state index contributed by atoms with van der Waals surface area (Å²) in [5, 5.41) is 5.04. The lowest BCUT2D eigenvalue weighted by molar-refractivity contribution is -0.122. The molecule has 0 bridgehead atoms. The molecule has 1 atom stereocenters. The molecule has 0 spiro atoms. The standard InChI is InChI=1S/C22H21N3O3/c1-14(28-18-10-8-15-6-4-5-7-16(15)12-18)21(26)23-17-9-11-19-20(13-17)25(3)22(27)24(19)2/h4-14H,1-3H3,(H,23,26). The van der Waals surface area contributed by atoms with Gasteiger partial charge in [-0.05, 0) is 48.0 Å². The van der Waals surface area contributed by atoms with Gasteiger partial charge in [0.25, 0.3) is 5.91 Å². The average molecular weight is 375 g/mol. The summed E-state index contributed by atoms with van der Waals surface area (Å²) in [7, 11) is 3.43. The fourth-order valence-corrected chi connectivity index (χ4v) is 3.33. The summed E-state index contributed by atoms with van der Waals surface area (Å²) in [5.74, 6) is 0.385. The van der Waals surface area contributed by atoms with Gasteiger partial charge in [-0.3, -0.25) is 13.9 Å². The van der Waals surface area contributed by atoms with Gasteiger partial charge in [0.15, 0.2) is 6.10 Å². The molecule has 1 amide bonds. The summed E-state index contributed by atoms with van der Waals surface area (Å²) >= 11 is 0. The molecule has 1 heterocycles. The van der Waals surface area contributed by atoms with Crippen LogP contribution in [0.4, 0.5) is 5.69 Å². The van der Waals surface area contributed by atoms with Crippen molar-refractivity contribution in [2.24, 2.45) is 14.1 Å². The molecule has 4 rings (SSSR count). The first-order valence-corrected chi connectivity index (χ1v) is 9.06. The Kier molecular flexibility index (Phi) is 4.39. The van der Waals surface area contributed by atoms with E-state index >= 15 is 0 Å². The lowest BCUT2D eigenvalue weighted by Crippen LogP contribution is -2.30. The van der Waals surface area contributed by atoms with Crippen LogP contribution in [-0.4, -0.2) is 21.1 Å². The Labute approximate surface area is 162 Å². The molecule has 0 saturated carbocycles. The van der Waals surface area contributed by atoms with E-state index in [1.165, 1.54) is 0 Å². The zero-order valence-corrected chi connectivity index (χ0v) is 16.0. The average Bonchev–Trinajstić information content (AvgIpc) is 2.91. The molecule has 0 radical (unpaired) electrons. The van der Waals surface area contributed by atoms with Crippen molar-refractivity contribution in [3.8, 4) is 5.75 Å². The Morgan fingerprint density at radius 3 is 2.43 bits per heavy atom. The van der Waals surface area contributed by atoms with Crippen molar-refractivity contribution in [3.05, 3.63) is 71.1 Å². The summed E-state index contributed by atoms with van der Waals surface area (Å²) in [4.78, 5) is 24.6. The smallest absolute Gasteiger partial charge is 0.328 e. The van der Waals surface area contributed by atoms with Crippen LogP contribution in [0.15, 0.2) is 65.5 Å². The van der Waals surface area contributed by atoms with Crippen LogP contribution in [0.1, 0.15) is 6.92 Å². The molecule has 0 aliphatic rings. The highest BCUT2D eigenvalue weighted by Crippen LogP contribution is 2.22. The Hall–Kier alpha value is -3.54. The number of rotatable bonds is 4. The summed E-state index contributed by atoms with van der Waals surface area (Å²) in [6.07, 6.45) is -0.670. The molecular formula is C22H21N3O3. The molecule has 0 aliphatic carbocycles. The Morgan fingerprint density at radius 2 is 1.64 bits per heavy atom. The minimum atomic E-state index is -0.670. The maximum Gasteiger partial charge on any atom is 0.328 e. The third-order valence-electron chi connectivity index (χ3n) is 4.94. The minimum Gasteiger partial charge on any atom is -0.481 e. The first-order valence-electron chi connectivity index (χ1n) is 9.06. The van der Waals surface area contributed by atoms with E-state index in [1.807, 2.05) is 48.5 Å². The number of nitrogens with zero attached hydrogens (tertiary/aromatic N) is 2. The van der Waals surface area contributed by atoms with E-state index in [-0.39, 0.29) is 11.6 Å². The fourth-order valence-electron chi connectivity index (χ4n) is 3.33. The first kappa shape index (κ1) is 17.9. The number of fused-ring (bicyclic) bond motifs is 2. The topological polar surface area (TPSA) is 65.3 Å². The van der Waals surface area contributed by atoms with Crippen LogP contribution in [0, 0.1) is 0 Å². The lowest BCUT2D eigenvalue weighted by Gasteiger charge is -2.15. The van der Waals surface area contributed by atoms with Crippen molar-refractivity contribution >= 4 is 33.4 Å². The van der Waals surface area contributed by atoms with E-state index in [0.717, 1.165) is 21.8 Å². The summed E-state index contributed by atoms with van der Waals surface area (Å²) in [6, 6.07) is 19.1. The highest BCUT2D eigenvalue weighted by atomic mass is 16.5. The van der Waals surface area contributed by atoms with Crippen molar-refractivity contribution in [1.82, 2.24) is 9.13 Å². The molecule has 1 N–H and O–H groups in total. The molecule has 28 heavy (non-hydrogen) atoms. The second-order valence-electron chi connectivity index (χ2n) is 6.86. The number of anilines is 1. The third-order valence-corrected chi connectivity index (χ3v) is 4.94. The quantitative estimate of drug-likeness (QED) is 0.594. The van der Waals surface area contributed by atoms with Crippen LogP contribution in [0.5, 0.6) is 5.75 Å². The highest BCUT2D eigenvalue weighted by molar-refractivity contribution is 5.96. The number of hydrogen-bond acceptors (Lipinski definition) is 3. The third kappa shape index (κ3) is 3.13. The Morgan fingerprint density at radius 1 is 0.929 bits per heavy atom. The van der Waals surface area contributed by atoms with E-state index in [0.29, 0.717) is 11.4 Å². The molecule has 0 aliphatic heterocycles. The summed E-state index contributed by atoms with van der Waals surface area (Å²) < 4.78 is 8.95. The van der Waals surface area contributed by atoms with Gasteiger partial charge in [-0.25, -0.2) is 4.79 Å². The number of nitrogens with one attached hydrogen (secondary N) is 1. The van der Waals surface area contributed by atoms with Gasteiger partial charge in [-0.15, -0.1) is 0 Å². The van der Waals surface area contributed by atoms with Crippen LogP contribution in [0.2, 0.25) is 0 Å². The van der Waals surface area contributed by atoms with Crippen LogP contribution >= 0.6 is 0 Å². The molecule has 0 saturated heterocycles. The number of ether oxygens (including phenoxy) is 1. The molecule has 6 nitrogen and oxygen atoms in total. The molecule has 6 heteroatoms. The van der Waals surface area contributed by atoms with Gasteiger partial charge in [-0.2, -0.15) is 0 Å². The normalized spacial score (nSPS) is 12.2. The monoisotopic (exact) mass is 375 g/mol. The number of aryl methyl sites for hydroxylation is 2. The zero-order valence-electron chi connectivity index (χ0n) is 16.0. The second kappa shape index (κ2) is 6.88. The Balaban J connectivity index is 1.51. The minimum absolute atomic E-state index is 0.105. The number of benzene rings is 3. The Bertz CT molecular complexity index is 1250. The molecule has 1 unspecified atom stereocenters. The van der Waals surface area contributed by atoms with Gasteiger partial charge in [-0.1, -0.05) is 30.3 Å². The second-order valence-corrected chi connectivity index (χ2v) is 6.86. The van der Waals surface area contributed by atoms with E-state index < -0.39 is 6.10 Å². The predicted octanol–water partition coefficient (Wildman–Crippen LogP) is 3.44. The highest BCUT2D eigenvalue weighted by Gasteiger charge is 2.16. The van der Waals surface area contributed by atoms with Crippen molar-refractivity contribution in [1.29, 1.82) is 0 Å². The summed E-state index contributed by atoms with van der Waals surface area (Å²) in [5.41, 5.74) is 2.08. The molecule has 1 aromatic heterocycles. The molecule has 3 aromatic carbocycles. The van der Waals surface area contributed by atoms with Crippen molar-refractivity contribution in [2.45, 2.75) is 13.0 Å². The van der Waals surface area contributed by atoms with Gasteiger partial charge >= 0.3 is 5.69 Å².